The van der Waals surface area contributed by atoms with Gasteiger partial charge in [-0.1, -0.05) is 22.9 Å². The molecule has 0 aliphatic carbocycles. The molecule has 0 aliphatic rings. The molecular weight excluding hydrogens is 442 g/mol. The molecule has 0 aliphatic heterocycles. The molecule has 0 aromatic carbocycles. The Morgan fingerprint density at radius 2 is 0.714 bits per heavy atom. The van der Waals surface area contributed by atoms with Gasteiger partial charge in [-0.05, 0) is 27.7 Å². The largest absolute Gasteiger partial charge is 2.00 e. The summed E-state index contributed by atoms with van der Waals surface area (Å²) in [5, 5.41) is 36.6. The van der Waals surface area contributed by atoms with Gasteiger partial charge in [-0.2, -0.15) is 0 Å². The Bertz CT molecular complexity index is 187. The molecule has 8 nitrogen and oxygen atoms in total. The van der Waals surface area contributed by atoms with E-state index in [1.807, 2.05) is 6.92 Å². The number of carboxylic acid groups (broad SMARTS) is 4. The van der Waals surface area contributed by atoms with Crippen molar-refractivity contribution in [3.63, 3.8) is 0 Å². The van der Waals surface area contributed by atoms with Crippen LogP contribution >= 0.6 is 15.9 Å². The SMILES string of the molecule is CC(=O)[O-].CC(=O)[O-].CC(=O)[O-].CC(=O)[O-].CCBr.[Co+2].[Mn+2]. The predicted octanol–water partition coefficient (Wildman–Crippen LogP) is -3.58. The van der Waals surface area contributed by atoms with E-state index in [4.69, 9.17) is 39.6 Å². The second-order valence-electron chi connectivity index (χ2n) is 2.23. The molecule has 0 N–H and O–H groups in total. The fourth-order valence-corrected chi connectivity index (χ4v) is 0. The van der Waals surface area contributed by atoms with Crippen molar-refractivity contribution < 1.29 is 73.5 Å². The third kappa shape index (κ3) is 15500. The normalized spacial score (nSPS) is 5.62. The van der Waals surface area contributed by atoms with Crippen LogP contribution in [0.25, 0.3) is 0 Å². The minimum Gasteiger partial charge on any atom is -0.550 e. The summed E-state index contributed by atoms with van der Waals surface area (Å²) < 4.78 is 0. The monoisotopic (exact) mass is 458 g/mol. The molecule has 0 heterocycles. The summed E-state index contributed by atoms with van der Waals surface area (Å²) in [6, 6.07) is 0. The first kappa shape index (κ1) is 42.8. The maximum absolute atomic E-state index is 8.89. The van der Waals surface area contributed by atoms with E-state index >= 15 is 0 Å². The molecule has 0 bridgehead atoms. The standard InChI is InChI=1S/C2H5Br.4C2H4O2.Co.Mn/c1-2-3;4*1-2(3)4;;/h2H2,1H3;4*1H3,(H,3,4);;/q;;;;;2*+2/p-4. The molecule has 0 saturated heterocycles. The Labute approximate surface area is 153 Å². The van der Waals surface area contributed by atoms with Crippen LogP contribution < -0.4 is 20.4 Å². The molecule has 11 heteroatoms. The van der Waals surface area contributed by atoms with Gasteiger partial charge in [0.25, 0.3) is 0 Å². The number of carbonyl (C=O) groups is 4. The summed E-state index contributed by atoms with van der Waals surface area (Å²) in [5.41, 5.74) is 0. The van der Waals surface area contributed by atoms with Crippen LogP contribution in [0.1, 0.15) is 34.6 Å². The van der Waals surface area contributed by atoms with Crippen molar-refractivity contribution in [2.75, 3.05) is 5.33 Å². The van der Waals surface area contributed by atoms with Gasteiger partial charge in [0.2, 0.25) is 0 Å². The van der Waals surface area contributed by atoms with E-state index in [-0.39, 0.29) is 33.8 Å². The Balaban J connectivity index is -0.0000000229. The number of carboxylic acids is 4. The first-order valence-electron chi connectivity index (χ1n) is 4.61. The van der Waals surface area contributed by atoms with E-state index in [2.05, 4.69) is 15.9 Å². The van der Waals surface area contributed by atoms with Gasteiger partial charge in [-0.25, -0.2) is 0 Å². The van der Waals surface area contributed by atoms with Crippen LogP contribution in [0, 0.1) is 0 Å². The number of hydrogen-bond acceptors (Lipinski definition) is 8. The minimum atomic E-state index is -1.08. The van der Waals surface area contributed by atoms with E-state index < -0.39 is 23.9 Å². The molecule has 0 aromatic rings. The van der Waals surface area contributed by atoms with Gasteiger partial charge in [0.05, 0.1) is 0 Å². The number of aliphatic carboxylic acids is 4. The van der Waals surface area contributed by atoms with Crippen LogP contribution in [0.5, 0.6) is 0 Å². The van der Waals surface area contributed by atoms with E-state index in [1.165, 1.54) is 0 Å². The molecule has 21 heavy (non-hydrogen) atoms. The molecule has 0 unspecified atom stereocenters. The Morgan fingerprint density at radius 3 is 0.714 bits per heavy atom. The molecular formula is C10H17BrCoMnO8. The average molecular weight is 459 g/mol. The Kier molecular flexibility index (Phi) is 87.0. The average Bonchev–Trinajstić information content (AvgIpc) is 1.97. The maximum atomic E-state index is 8.89. The molecule has 0 amide bonds. The van der Waals surface area contributed by atoms with Gasteiger partial charge in [-0.3, -0.25) is 0 Å². The number of halogens is 1. The van der Waals surface area contributed by atoms with Gasteiger partial charge in [-0.15, -0.1) is 0 Å². The number of rotatable bonds is 0. The van der Waals surface area contributed by atoms with Crippen LogP contribution in [0.15, 0.2) is 0 Å². The van der Waals surface area contributed by atoms with Gasteiger partial charge >= 0.3 is 33.8 Å². The summed E-state index contributed by atoms with van der Waals surface area (Å²) in [5.74, 6) is -4.33. The van der Waals surface area contributed by atoms with E-state index in [0.29, 0.717) is 0 Å². The zero-order valence-corrected chi connectivity index (χ0v) is 15.9. The van der Waals surface area contributed by atoms with Crippen LogP contribution in [0.3, 0.4) is 0 Å². The third-order valence-electron chi connectivity index (χ3n) is 0. The minimum absolute atomic E-state index is 0. The molecule has 0 atom stereocenters. The van der Waals surface area contributed by atoms with Crippen molar-refractivity contribution in [3.05, 3.63) is 0 Å². The number of alkyl halides is 1. The predicted molar refractivity (Wildman–Crippen MR) is 62.2 cm³/mol. The Morgan fingerprint density at radius 1 is 0.714 bits per heavy atom. The van der Waals surface area contributed by atoms with Gasteiger partial charge in [0.1, 0.15) is 0 Å². The topological polar surface area (TPSA) is 161 Å². The quantitative estimate of drug-likeness (QED) is 0.266. The second kappa shape index (κ2) is 42.7. The first-order valence-corrected chi connectivity index (χ1v) is 5.73. The maximum Gasteiger partial charge on any atom is 2.00 e. The third-order valence-corrected chi connectivity index (χ3v) is 0. The summed E-state index contributed by atoms with van der Waals surface area (Å²) in [7, 11) is 0. The Hall–Kier alpha value is -0.614. The molecule has 0 saturated carbocycles. The van der Waals surface area contributed by atoms with Crippen molar-refractivity contribution in [3.8, 4) is 0 Å². The van der Waals surface area contributed by atoms with Gasteiger partial charge in [0.15, 0.2) is 0 Å². The molecule has 0 fully saturated rings. The molecule has 0 rings (SSSR count). The zero-order valence-electron chi connectivity index (χ0n) is 12.1. The van der Waals surface area contributed by atoms with Crippen molar-refractivity contribution in [2.45, 2.75) is 34.6 Å². The molecule has 2 radical (unpaired) electrons. The summed E-state index contributed by atoms with van der Waals surface area (Å²) in [6.07, 6.45) is 0. The van der Waals surface area contributed by atoms with Gasteiger partial charge in [0, 0.05) is 29.2 Å². The van der Waals surface area contributed by atoms with Crippen molar-refractivity contribution in [2.24, 2.45) is 0 Å². The van der Waals surface area contributed by atoms with Crippen molar-refractivity contribution >= 4 is 39.8 Å². The van der Waals surface area contributed by atoms with Crippen molar-refractivity contribution in [1.29, 1.82) is 0 Å². The first-order chi connectivity index (χ1) is 8.34. The van der Waals surface area contributed by atoms with Crippen LogP contribution in [0.2, 0.25) is 0 Å². The number of carbonyl (C=O) groups excluding carboxylic acids is 4. The van der Waals surface area contributed by atoms with Crippen LogP contribution in [-0.4, -0.2) is 29.2 Å². The smallest absolute Gasteiger partial charge is 0.550 e. The number of hydrogen-bond donors (Lipinski definition) is 0. The summed E-state index contributed by atoms with van der Waals surface area (Å²) >= 11 is 3.15. The zero-order chi connectivity index (χ0) is 17.0. The fraction of sp³-hybridized carbons (Fsp3) is 0.600. The molecule has 0 aromatic heterocycles. The van der Waals surface area contributed by atoms with Crippen LogP contribution in [-0.2, 0) is 53.0 Å². The molecule has 0 spiro atoms. The molecule has 128 valence electrons. The van der Waals surface area contributed by atoms with E-state index in [9.17, 15) is 0 Å². The van der Waals surface area contributed by atoms with E-state index in [0.717, 1.165) is 33.0 Å². The second-order valence-corrected chi connectivity index (χ2v) is 3.36. The van der Waals surface area contributed by atoms with Crippen molar-refractivity contribution in [1.82, 2.24) is 0 Å². The fourth-order valence-electron chi connectivity index (χ4n) is 0. The van der Waals surface area contributed by atoms with E-state index in [1.54, 1.807) is 0 Å². The van der Waals surface area contributed by atoms with Crippen LogP contribution in [0.4, 0.5) is 0 Å². The summed E-state index contributed by atoms with van der Waals surface area (Å²) in [4.78, 5) is 35.6. The van der Waals surface area contributed by atoms with Gasteiger partial charge < -0.3 is 39.6 Å². The summed E-state index contributed by atoms with van der Waals surface area (Å²) in [6.45, 7) is 5.93.